The fourth-order valence-electron chi connectivity index (χ4n) is 1.38. The lowest BCUT2D eigenvalue weighted by Crippen LogP contribution is -2.14. The van der Waals surface area contributed by atoms with Gasteiger partial charge in [0.25, 0.3) is 0 Å². The number of alkyl halides is 1. The molecule has 88 valence electrons. The Labute approximate surface area is 92.9 Å². The average Bonchev–Trinajstić information content (AvgIpc) is 2.15. The minimum absolute atomic E-state index is 0.00993. The summed E-state index contributed by atoms with van der Waals surface area (Å²) in [5.74, 6) is -2.74. The summed E-state index contributed by atoms with van der Waals surface area (Å²) in [5, 5.41) is 8.79. The molecule has 1 N–H and O–H groups in total. The maximum Gasteiger partial charge on any atom is 0.310 e. The topological polar surface area (TPSA) is 37.3 Å². The van der Waals surface area contributed by atoms with E-state index in [0.29, 0.717) is 0 Å². The highest BCUT2D eigenvalue weighted by molar-refractivity contribution is 5.75. The number of hydrogen-bond donors (Lipinski definition) is 1. The van der Waals surface area contributed by atoms with E-state index in [1.54, 1.807) is 0 Å². The third kappa shape index (κ3) is 2.56. The lowest BCUT2D eigenvalue weighted by molar-refractivity contribution is -0.138. The zero-order valence-electron chi connectivity index (χ0n) is 9.42. The van der Waals surface area contributed by atoms with Crippen LogP contribution in [0.1, 0.15) is 37.8 Å². The van der Waals surface area contributed by atoms with Crippen LogP contribution >= 0.6 is 0 Å². The molecule has 0 aromatic heterocycles. The number of carboxylic acids is 1. The zero-order valence-corrected chi connectivity index (χ0v) is 9.42. The molecule has 1 atom stereocenters. The van der Waals surface area contributed by atoms with Crippen molar-refractivity contribution >= 4 is 5.97 Å². The van der Waals surface area contributed by atoms with Crippen molar-refractivity contribution < 1.29 is 18.7 Å². The standard InChI is InChI=1S/C12H14F2O2/c1-7(11(15)16)9-6-8(12(2,3)14)4-5-10(9)13/h4-7H,1-3H3,(H,15,16). The molecule has 1 rings (SSSR count). The number of aliphatic carboxylic acids is 1. The van der Waals surface area contributed by atoms with E-state index >= 15 is 0 Å². The Morgan fingerprint density at radius 2 is 2.00 bits per heavy atom. The van der Waals surface area contributed by atoms with Crippen LogP contribution in [0.3, 0.4) is 0 Å². The van der Waals surface area contributed by atoms with Gasteiger partial charge in [0, 0.05) is 5.56 Å². The minimum atomic E-state index is -1.61. The minimum Gasteiger partial charge on any atom is -0.481 e. The number of rotatable bonds is 3. The van der Waals surface area contributed by atoms with Crippen molar-refractivity contribution in [1.29, 1.82) is 0 Å². The number of carbonyl (C=O) groups is 1. The largest absolute Gasteiger partial charge is 0.481 e. The fraction of sp³-hybridized carbons (Fsp3) is 0.417. The molecule has 0 radical (unpaired) electrons. The quantitative estimate of drug-likeness (QED) is 0.862. The summed E-state index contributed by atoms with van der Waals surface area (Å²) in [6.45, 7) is 4.06. The molecule has 0 fully saturated rings. The predicted molar refractivity (Wildman–Crippen MR) is 56.6 cm³/mol. The first-order valence-electron chi connectivity index (χ1n) is 4.95. The molecule has 0 bridgehead atoms. The van der Waals surface area contributed by atoms with Crippen LogP contribution in [0.2, 0.25) is 0 Å². The van der Waals surface area contributed by atoms with Crippen molar-refractivity contribution in [2.45, 2.75) is 32.4 Å². The van der Waals surface area contributed by atoms with Crippen molar-refractivity contribution in [1.82, 2.24) is 0 Å². The Hall–Kier alpha value is -1.45. The summed E-state index contributed by atoms with van der Waals surface area (Å²) in [4.78, 5) is 10.8. The van der Waals surface area contributed by atoms with Crippen LogP contribution in [0.4, 0.5) is 8.78 Å². The molecule has 0 aliphatic heterocycles. The Kier molecular flexibility index (Phi) is 3.31. The lowest BCUT2D eigenvalue weighted by atomic mass is 9.93. The summed E-state index contributed by atoms with van der Waals surface area (Å²) in [6.07, 6.45) is 0. The maximum atomic E-state index is 13.6. The van der Waals surface area contributed by atoms with E-state index < -0.39 is 23.4 Å². The van der Waals surface area contributed by atoms with Crippen molar-refractivity contribution in [3.63, 3.8) is 0 Å². The summed E-state index contributed by atoms with van der Waals surface area (Å²) in [7, 11) is 0. The predicted octanol–water partition coefficient (Wildman–Crippen LogP) is 3.22. The zero-order chi connectivity index (χ0) is 12.5. The highest BCUT2D eigenvalue weighted by Gasteiger charge is 2.23. The summed E-state index contributed by atoms with van der Waals surface area (Å²) in [6, 6.07) is 3.70. The SMILES string of the molecule is CC(C(=O)O)c1cc(C(C)(C)F)ccc1F. The first-order valence-corrected chi connectivity index (χ1v) is 4.95. The van der Waals surface area contributed by atoms with Gasteiger partial charge in [0.05, 0.1) is 5.92 Å². The van der Waals surface area contributed by atoms with E-state index in [0.717, 1.165) is 6.07 Å². The Morgan fingerprint density at radius 3 is 2.44 bits per heavy atom. The molecule has 0 heterocycles. The van der Waals surface area contributed by atoms with Crippen LogP contribution in [0.5, 0.6) is 0 Å². The Balaban J connectivity index is 3.24. The van der Waals surface area contributed by atoms with E-state index in [2.05, 4.69) is 0 Å². The Bertz CT molecular complexity index is 408. The van der Waals surface area contributed by atoms with Gasteiger partial charge in [-0.25, -0.2) is 8.78 Å². The van der Waals surface area contributed by atoms with E-state index in [1.165, 1.54) is 32.9 Å². The molecular formula is C12H14F2O2. The molecule has 1 aromatic rings. The van der Waals surface area contributed by atoms with Gasteiger partial charge in [0.2, 0.25) is 0 Å². The molecule has 0 saturated carbocycles. The number of hydrogen-bond acceptors (Lipinski definition) is 1. The van der Waals surface area contributed by atoms with Crippen LogP contribution in [-0.2, 0) is 10.5 Å². The number of carboxylic acid groups (broad SMARTS) is 1. The maximum absolute atomic E-state index is 13.6. The first kappa shape index (κ1) is 12.6. The molecule has 0 spiro atoms. The summed E-state index contributed by atoms with van der Waals surface area (Å²) >= 11 is 0. The summed E-state index contributed by atoms with van der Waals surface area (Å²) in [5.41, 5.74) is -1.33. The smallest absolute Gasteiger partial charge is 0.310 e. The van der Waals surface area contributed by atoms with Crippen LogP contribution < -0.4 is 0 Å². The highest BCUT2D eigenvalue weighted by Crippen LogP contribution is 2.29. The van der Waals surface area contributed by atoms with Crippen molar-refractivity contribution in [3.8, 4) is 0 Å². The lowest BCUT2D eigenvalue weighted by Gasteiger charge is -2.17. The molecule has 16 heavy (non-hydrogen) atoms. The van der Waals surface area contributed by atoms with Crippen LogP contribution in [-0.4, -0.2) is 11.1 Å². The van der Waals surface area contributed by atoms with Crippen LogP contribution in [0.15, 0.2) is 18.2 Å². The highest BCUT2D eigenvalue weighted by atomic mass is 19.1. The van der Waals surface area contributed by atoms with Gasteiger partial charge >= 0.3 is 5.97 Å². The van der Waals surface area contributed by atoms with Gasteiger partial charge in [-0.1, -0.05) is 6.07 Å². The van der Waals surface area contributed by atoms with Gasteiger partial charge in [0.1, 0.15) is 11.5 Å². The number of halogens is 2. The molecular weight excluding hydrogens is 214 g/mol. The molecule has 1 aromatic carbocycles. The van der Waals surface area contributed by atoms with E-state index in [-0.39, 0.29) is 11.1 Å². The van der Waals surface area contributed by atoms with Crippen molar-refractivity contribution in [2.75, 3.05) is 0 Å². The second-order valence-electron chi connectivity index (χ2n) is 4.27. The molecule has 2 nitrogen and oxygen atoms in total. The number of benzene rings is 1. The monoisotopic (exact) mass is 228 g/mol. The Morgan fingerprint density at radius 1 is 1.44 bits per heavy atom. The van der Waals surface area contributed by atoms with Gasteiger partial charge in [-0.15, -0.1) is 0 Å². The van der Waals surface area contributed by atoms with E-state index in [1.807, 2.05) is 0 Å². The van der Waals surface area contributed by atoms with E-state index in [4.69, 9.17) is 5.11 Å². The van der Waals surface area contributed by atoms with Gasteiger partial charge in [-0.2, -0.15) is 0 Å². The van der Waals surface area contributed by atoms with Gasteiger partial charge < -0.3 is 5.11 Å². The van der Waals surface area contributed by atoms with Crippen molar-refractivity contribution in [3.05, 3.63) is 35.1 Å². The normalized spacial score (nSPS) is 13.6. The second-order valence-corrected chi connectivity index (χ2v) is 4.27. The fourth-order valence-corrected chi connectivity index (χ4v) is 1.38. The molecule has 1 unspecified atom stereocenters. The van der Waals surface area contributed by atoms with Gasteiger partial charge in [-0.05, 0) is 38.5 Å². The van der Waals surface area contributed by atoms with Crippen molar-refractivity contribution in [2.24, 2.45) is 0 Å². The van der Waals surface area contributed by atoms with Crippen LogP contribution in [0.25, 0.3) is 0 Å². The van der Waals surface area contributed by atoms with Gasteiger partial charge in [0.15, 0.2) is 0 Å². The van der Waals surface area contributed by atoms with E-state index in [9.17, 15) is 13.6 Å². The third-order valence-corrected chi connectivity index (χ3v) is 2.52. The third-order valence-electron chi connectivity index (χ3n) is 2.52. The molecule has 0 aliphatic rings. The van der Waals surface area contributed by atoms with Crippen LogP contribution in [0, 0.1) is 5.82 Å². The molecule has 4 heteroatoms. The summed E-state index contributed by atoms with van der Waals surface area (Å²) < 4.78 is 27.0. The first-order chi connectivity index (χ1) is 7.23. The molecule has 0 amide bonds. The average molecular weight is 228 g/mol. The molecule has 0 saturated heterocycles. The second kappa shape index (κ2) is 4.20. The van der Waals surface area contributed by atoms with Gasteiger partial charge in [-0.3, -0.25) is 4.79 Å². The molecule has 0 aliphatic carbocycles.